The first-order valence-corrected chi connectivity index (χ1v) is 6.71. The zero-order valence-corrected chi connectivity index (χ0v) is 10.5. The molecular weight excluding hydrogens is 220 g/mol. The van der Waals surface area contributed by atoms with Gasteiger partial charge in [-0.3, -0.25) is 4.79 Å². The van der Waals surface area contributed by atoms with E-state index in [4.69, 9.17) is 5.73 Å². The van der Waals surface area contributed by atoms with E-state index in [-0.39, 0.29) is 5.78 Å². The van der Waals surface area contributed by atoms with E-state index < -0.39 is 5.54 Å². The van der Waals surface area contributed by atoms with Gasteiger partial charge in [-0.25, -0.2) is 4.98 Å². The molecule has 1 aromatic rings. The van der Waals surface area contributed by atoms with Crippen molar-refractivity contribution in [1.82, 2.24) is 4.98 Å². The van der Waals surface area contributed by atoms with Crippen LogP contribution in [-0.4, -0.2) is 16.3 Å². The lowest BCUT2D eigenvalue weighted by molar-refractivity contribution is -0.124. The molecule has 1 aliphatic carbocycles. The largest absolute Gasteiger partial charge is 0.319 e. The number of hydrogen-bond acceptors (Lipinski definition) is 4. The third-order valence-corrected chi connectivity index (χ3v) is 4.25. The van der Waals surface area contributed by atoms with E-state index in [0.717, 1.165) is 36.4 Å². The summed E-state index contributed by atoms with van der Waals surface area (Å²) in [7, 11) is 0. The zero-order valence-electron chi connectivity index (χ0n) is 9.66. The molecule has 0 bridgehead atoms. The number of rotatable bonds is 3. The number of ketones is 1. The average Bonchev–Trinajstić information content (AvgIpc) is 2.65. The molecule has 4 heteroatoms. The van der Waals surface area contributed by atoms with Crippen LogP contribution >= 0.6 is 11.3 Å². The summed E-state index contributed by atoms with van der Waals surface area (Å²) in [5.74, 6) is 0.168. The van der Waals surface area contributed by atoms with Crippen molar-refractivity contribution in [3.63, 3.8) is 0 Å². The first-order chi connectivity index (χ1) is 7.60. The van der Waals surface area contributed by atoms with Crippen molar-refractivity contribution < 1.29 is 4.79 Å². The Balaban J connectivity index is 2.01. The van der Waals surface area contributed by atoms with Crippen LogP contribution in [0.25, 0.3) is 0 Å². The molecule has 0 aromatic carbocycles. The summed E-state index contributed by atoms with van der Waals surface area (Å²) >= 11 is 1.55. The van der Waals surface area contributed by atoms with Gasteiger partial charge in [-0.1, -0.05) is 19.3 Å². The highest BCUT2D eigenvalue weighted by Gasteiger charge is 2.35. The topological polar surface area (TPSA) is 56.0 Å². The van der Waals surface area contributed by atoms with Crippen LogP contribution in [0.5, 0.6) is 0 Å². The standard InChI is InChI=1S/C12H18N2OS/c1-9-8-16-11(14-9)7-10(15)12(13)5-3-2-4-6-12/h8H,2-7,13H2,1H3. The van der Waals surface area contributed by atoms with E-state index in [1.54, 1.807) is 11.3 Å². The van der Waals surface area contributed by atoms with Gasteiger partial charge in [0, 0.05) is 11.1 Å². The molecule has 2 N–H and O–H groups in total. The normalized spacial score (nSPS) is 19.6. The van der Waals surface area contributed by atoms with Crippen molar-refractivity contribution in [3.05, 3.63) is 16.1 Å². The minimum absolute atomic E-state index is 0.168. The van der Waals surface area contributed by atoms with Gasteiger partial charge in [0.2, 0.25) is 0 Å². The number of thiazole rings is 1. The number of Topliss-reactive ketones (excluding diaryl/α,β-unsaturated/α-hetero) is 1. The van der Waals surface area contributed by atoms with Crippen molar-refractivity contribution in [3.8, 4) is 0 Å². The molecule has 1 aliphatic rings. The Hall–Kier alpha value is -0.740. The Morgan fingerprint density at radius 1 is 1.50 bits per heavy atom. The average molecular weight is 238 g/mol. The van der Waals surface area contributed by atoms with Crippen LogP contribution in [0, 0.1) is 6.92 Å². The predicted molar refractivity (Wildman–Crippen MR) is 65.6 cm³/mol. The number of nitrogens with two attached hydrogens (primary N) is 1. The molecule has 16 heavy (non-hydrogen) atoms. The molecule has 3 nitrogen and oxygen atoms in total. The van der Waals surface area contributed by atoms with E-state index in [2.05, 4.69) is 4.98 Å². The summed E-state index contributed by atoms with van der Waals surface area (Å²) in [6.07, 6.45) is 5.47. The smallest absolute Gasteiger partial charge is 0.159 e. The molecule has 1 heterocycles. The van der Waals surface area contributed by atoms with Gasteiger partial charge >= 0.3 is 0 Å². The fraction of sp³-hybridized carbons (Fsp3) is 0.667. The Labute approximate surface area is 100 Å². The SMILES string of the molecule is Cc1csc(CC(=O)C2(N)CCCCC2)n1. The van der Waals surface area contributed by atoms with E-state index >= 15 is 0 Å². The second kappa shape index (κ2) is 4.63. The van der Waals surface area contributed by atoms with Crippen LogP contribution in [0.15, 0.2) is 5.38 Å². The van der Waals surface area contributed by atoms with Gasteiger partial charge in [0.1, 0.15) is 5.01 Å². The first-order valence-electron chi connectivity index (χ1n) is 5.83. The van der Waals surface area contributed by atoms with Gasteiger partial charge in [0.05, 0.1) is 12.0 Å². The number of carbonyl (C=O) groups is 1. The highest BCUT2D eigenvalue weighted by molar-refractivity contribution is 7.09. The maximum atomic E-state index is 12.1. The fourth-order valence-corrected chi connectivity index (χ4v) is 3.03. The Bertz CT molecular complexity index is 380. The monoisotopic (exact) mass is 238 g/mol. The van der Waals surface area contributed by atoms with Gasteiger partial charge in [0.25, 0.3) is 0 Å². The van der Waals surface area contributed by atoms with Crippen LogP contribution in [0.4, 0.5) is 0 Å². The number of aromatic nitrogens is 1. The molecule has 0 radical (unpaired) electrons. The quantitative estimate of drug-likeness (QED) is 0.878. The van der Waals surface area contributed by atoms with Crippen molar-refractivity contribution in [2.45, 2.75) is 51.0 Å². The lowest BCUT2D eigenvalue weighted by Crippen LogP contribution is -2.50. The maximum Gasteiger partial charge on any atom is 0.159 e. The van der Waals surface area contributed by atoms with Crippen LogP contribution in [0.2, 0.25) is 0 Å². The van der Waals surface area contributed by atoms with E-state index in [1.807, 2.05) is 12.3 Å². The summed E-state index contributed by atoms with van der Waals surface area (Å²) in [5, 5.41) is 2.88. The molecular formula is C12H18N2OS. The maximum absolute atomic E-state index is 12.1. The number of hydrogen-bond donors (Lipinski definition) is 1. The molecule has 1 aromatic heterocycles. The highest BCUT2D eigenvalue weighted by Crippen LogP contribution is 2.28. The third-order valence-electron chi connectivity index (χ3n) is 3.28. The summed E-state index contributed by atoms with van der Waals surface area (Å²) in [5.41, 5.74) is 6.60. The number of aryl methyl sites for hydroxylation is 1. The molecule has 0 spiro atoms. The molecule has 0 unspecified atom stereocenters. The molecule has 0 amide bonds. The van der Waals surface area contributed by atoms with Crippen LogP contribution in [-0.2, 0) is 11.2 Å². The summed E-state index contributed by atoms with van der Waals surface area (Å²) in [6.45, 7) is 1.95. The van der Waals surface area contributed by atoms with Gasteiger partial charge in [-0.15, -0.1) is 11.3 Å². The van der Waals surface area contributed by atoms with Crippen molar-refractivity contribution in [1.29, 1.82) is 0 Å². The Kier molecular flexibility index (Phi) is 3.40. The fourth-order valence-electron chi connectivity index (χ4n) is 2.26. The zero-order chi connectivity index (χ0) is 11.6. The number of nitrogens with zero attached hydrogens (tertiary/aromatic N) is 1. The number of carbonyl (C=O) groups excluding carboxylic acids is 1. The molecule has 88 valence electrons. The van der Waals surface area contributed by atoms with Crippen LogP contribution in [0.1, 0.15) is 42.8 Å². The second-order valence-corrected chi connectivity index (χ2v) is 5.64. The van der Waals surface area contributed by atoms with Crippen LogP contribution in [0.3, 0.4) is 0 Å². The van der Waals surface area contributed by atoms with Crippen molar-refractivity contribution in [2.75, 3.05) is 0 Å². The Morgan fingerprint density at radius 2 is 2.19 bits per heavy atom. The molecule has 1 fully saturated rings. The second-order valence-electron chi connectivity index (χ2n) is 4.70. The van der Waals surface area contributed by atoms with Gasteiger partial charge in [0.15, 0.2) is 5.78 Å². The lowest BCUT2D eigenvalue weighted by Gasteiger charge is -2.31. The molecule has 0 atom stereocenters. The molecule has 1 saturated carbocycles. The summed E-state index contributed by atoms with van der Waals surface area (Å²) in [4.78, 5) is 16.5. The molecule has 0 saturated heterocycles. The highest BCUT2D eigenvalue weighted by atomic mass is 32.1. The van der Waals surface area contributed by atoms with Crippen molar-refractivity contribution in [2.24, 2.45) is 5.73 Å². The lowest BCUT2D eigenvalue weighted by atomic mass is 9.78. The van der Waals surface area contributed by atoms with Crippen molar-refractivity contribution >= 4 is 17.1 Å². The summed E-state index contributed by atoms with van der Waals surface area (Å²) < 4.78 is 0. The van der Waals surface area contributed by atoms with Crippen LogP contribution < -0.4 is 5.73 Å². The van der Waals surface area contributed by atoms with E-state index in [9.17, 15) is 4.79 Å². The first kappa shape index (κ1) is 11.7. The van der Waals surface area contributed by atoms with E-state index in [0.29, 0.717) is 6.42 Å². The van der Waals surface area contributed by atoms with Gasteiger partial charge in [-0.2, -0.15) is 0 Å². The predicted octanol–water partition coefficient (Wildman–Crippen LogP) is 2.22. The minimum Gasteiger partial charge on any atom is -0.319 e. The molecule has 2 rings (SSSR count). The summed E-state index contributed by atoms with van der Waals surface area (Å²) in [6, 6.07) is 0. The Morgan fingerprint density at radius 3 is 2.75 bits per heavy atom. The van der Waals surface area contributed by atoms with Gasteiger partial charge in [-0.05, 0) is 19.8 Å². The van der Waals surface area contributed by atoms with Gasteiger partial charge < -0.3 is 5.73 Å². The van der Waals surface area contributed by atoms with E-state index in [1.165, 1.54) is 6.42 Å². The minimum atomic E-state index is -0.572. The third kappa shape index (κ3) is 2.50. The molecule has 0 aliphatic heterocycles.